The first kappa shape index (κ1) is 17.4. The number of nitrogens with one attached hydrogen (secondary N) is 2. The lowest BCUT2D eigenvalue weighted by Crippen LogP contribution is -2.23. The zero-order valence-corrected chi connectivity index (χ0v) is 16.4. The van der Waals surface area contributed by atoms with Gasteiger partial charge in [-0.25, -0.2) is 4.98 Å². The number of aromatic amines is 1. The molecule has 2 atom stereocenters. The fourth-order valence-corrected chi connectivity index (χ4v) is 5.03. The Morgan fingerprint density at radius 3 is 2.88 bits per heavy atom. The smallest absolute Gasteiger partial charge is 0.259 e. The van der Waals surface area contributed by atoms with Gasteiger partial charge in [0.15, 0.2) is 0 Å². The molecule has 1 aliphatic carbocycles. The third-order valence-corrected chi connectivity index (χ3v) is 6.48. The molecule has 2 aromatic heterocycles. The Hall–Kier alpha value is -1.98. The van der Waals surface area contributed by atoms with Crippen molar-refractivity contribution in [2.24, 2.45) is 5.92 Å². The summed E-state index contributed by atoms with van der Waals surface area (Å²) in [6.07, 6.45) is 3.24. The minimum Gasteiger partial charge on any atom is -0.309 e. The summed E-state index contributed by atoms with van der Waals surface area (Å²) in [7, 11) is 0. The first-order valence-corrected chi connectivity index (χ1v) is 10.2. The second-order valence-corrected chi connectivity index (χ2v) is 8.65. The van der Waals surface area contributed by atoms with Crippen LogP contribution in [0.25, 0.3) is 10.2 Å². The first-order chi connectivity index (χ1) is 12.5. The maximum atomic E-state index is 12.7. The Morgan fingerprint density at radius 2 is 2.12 bits per heavy atom. The van der Waals surface area contributed by atoms with Crippen LogP contribution in [-0.2, 0) is 19.4 Å². The van der Waals surface area contributed by atoms with Gasteiger partial charge in [-0.3, -0.25) is 4.79 Å². The van der Waals surface area contributed by atoms with Crippen LogP contribution in [0.5, 0.6) is 0 Å². The van der Waals surface area contributed by atoms with Crippen LogP contribution in [0, 0.1) is 12.8 Å². The molecule has 5 heteroatoms. The summed E-state index contributed by atoms with van der Waals surface area (Å²) in [6, 6.07) is 8.48. The van der Waals surface area contributed by atoms with Gasteiger partial charge in [-0.05, 0) is 50.2 Å². The highest BCUT2D eigenvalue weighted by atomic mass is 32.1. The minimum atomic E-state index is -0.00791. The molecule has 136 valence electrons. The maximum absolute atomic E-state index is 12.7. The van der Waals surface area contributed by atoms with Crippen molar-refractivity contribution >= 4 is 21.6 Å². The van der Waals surface area contributed by atoms with E-state index in [1.165, 1.54) is 21.6 Å². The van der Waals surface area contributed by atoms with Crippen molar-refractivity contribution in [2.75, 3.05) is 0 Å². The zero-order chi connectivity index (χ0) is 18.3. The van der Waals surface area contributed by atoms with Crippen molar-refractivity contribution < 1.29 is 0 Å². The number of benzene rings is 1. The molecule has 2 N–H and O–H groups in total. The third-order valence-electron chi connectivity index (χ3n) is 5.33. The molecular formula is C21H25N3OS. The summed E-state index contributed by atoms with van der Waals surface area (Å²) in [5, 5.41) is 4.29. The number of nitrogens with zero attached hydrogens (tertiary/aromatic N) is 1. The van der Waals surface area contributed by atoms with Crippen molar-refractivity contribution in [3.63, 3.8) is 0 Å². The molecule has 0 saturated carbocycles. The van der Waals surface area contributed by atoms with Gasteiger partial charge < -0.3 is 10.3 Å². The van der Waals surface area contributed by atoms with Gasteiger partial charge in [-0.2, -0.15) is 0 Å². The van der Waals surface area contributed by atoms with Crippen molar-refractivity contribution in [2.45, 2.75) is 52.6 Å². The Morgan fingerprint density at radius 1 is 1.35 bits per heavy atom. The number of H-pyrrole nitrogens is 1. The molecule has 0 amide bonds. The summed E-state index contributed by atoms with van der Waals surface area (Å²) in [6.45, 7) is 7.17. The molecule has 4 nitrogen and oxygen atoms in total. The van der Waals surface area contributed by atoms with Gasteiger partial charge >= 0.3 is 0 Å². The van der Waals surface area contributed by atoms with Gasteiger partial charge in [-0.1, -0.05) is 36.8 Å². The van der Waals surface area contributed by atoms with Crippen LogP contribution in [-0.4, -0.2) is 9.97 Å². The van der Waals surface area contributed by atoms with Gasteiger partial charge in [0, 0.05) is 11.4 Å². The lowest BCUT2D eigenvalue weighted by Gasteiger charge is -2.17. The second-order valence-electron chi connectivity index (χ2n) is 7.57. The summed E-state index contributed by atoms with van der Waals surface area (Å²) in [4.78, 5) is 22.8. The molecule has 0 unspecified atom stereocenters. The number of fused-ring (bicyclic) bond motifs is 3. The van der Waals surface area contributed by atoms with Crippen molar-refractivity contribution in [3.05, 3.63) is 62.0 Å². The first-order valence-electron chi connectivity index (χ1n) is 9.34. The fourth-order valence-electron chi connectivity index (χ4n) is 3.64. The number of hydrogen-bond donors (Lipinski definition) is 2. The van der Waals surface area contributed by atoms with Crippen molar-refractivity contribution in [3.8, 4) is 0 Å². The quantitative estimate of drug-likeness (QED) is 0.724. The van der Waals surface area contributed by atoms with Gasteiger partial charge in [0.2, 0.25) is 0 Å². The largest absolute Gasteiger partial charge is 0.309 e. The van der Waals surface area contributed by atoms with E-state index in [0.717, 1.165) is 41.8 Å². The zero-order valence-electron chi connectivity index (χ0n) is 15.6. The molecule has 1 aromatic carbocycles. The molecule has 0 aliphatic heterocycles. The minimum absolute atomic E-state index is 0.00791. The SMILES string of the molecule is Cc1ccc(CN[C@H](C)c2nc3sc4c(c3c(=O)[nH]2)CC[C@@H](C)C4)cc1. The number of thiophene rings is 1. The van der Waals surface area contributed by atoms with Crippen molar-refractivity contribution in [1.29, 1.82) is 0 Å². The van der Waals surface area contributed by atoms with E-state index in [1.807, 2.05) is 6.92 Å². The van der Waals surface area contributed by atoms with E-state index in [0.29, 0.717) is 5.92 Å². The van der Waals surface area contributed by atoms with E-state index < -0.39 is 0 Å². The number of aromatic nitrogens is 2. The van der Waals surface area contributed by atoms with E-state index in [4.69, 9.17) is 4.98 Å². The van der Waals surface area contributed by atoms with Crippen LogP contribution in [0.2, 0.25) is 0 Å². The number of aryl methyl sites for hydroxylation is 2. The lowest BCUT2D eigenvalue weighted by molar-refractivity contribution is 0.509. The molecule has 4 rings (SSSR count). The van der Waals surface area contributed by atoms with Gasteiger partial charge in [0.1, 0.15) is 10.7 Å². The Kier molecular flexibility index (Phi) is 4.67. The van der Waals surface area contributed by atoms with E-state index in [9.17, 15) is 4.79 Å². The Bertz CT molecular complexity index is 987. The maximum Gasteiger partial charge on any atom is 0.259 e. The van der Waals surface area contributed by atoms with Gasteiger partial charge in [-0.15, -0.1) is 11.3 Å². The highest BCUT2D eigenvalue weighted by Gasteiger charge is 2.23. The topological polar surface area (TPSA) is 57.8 Å². The van der Waals surface area contributed by atoms with Crippen LogP contribution < -0.4 is 10.9 Å². The predicted octanol–water partition coefficient (Wildman–Crippen LogP) is 4.27. The summed E-state index contributed by atoms with van der Waals surface area (Å²) < 4.78 is 0. The summed E-state index contributed by atoms with van der Waals surface area (Å²) >= 11 is 1.71. The van der Waals surface area contributed by atoms with Crippen LogP contribution >= 0.6 is 11.3 Å². The molecule has 26 heavy (non-hydrogen) atoms. The van der Waals surface area contributed by atoms with Crippen LogP contribution in [0.3, 0.4) is 0 Å². The highest BCUT2D eigenvalue weighted by Crippen LogP contribution is 2.35. The monoisotopic (exact) mass is 367 g/mol. The molecule has 0 spiro atoms. The Labute approximate surface area is 157 Å². The fraction of sp³-hybridized carbons (Fsp3) is 0.429. The van der Waals surface area contributed by atoms with E-state index in [1.54, 1.807) is 11.3 Å². The summed E-state index contributed by atoms with van der Waals surface area (Å²) in [5.41, 5.74) is 3.74. The van der Waals surface area contributed by atoms with E-state index in [2.05, 4.69) is 48.4 Å². The summed E-state index contributed by atoms with van der Waals surface area (Å²) in [5.74, 6) is 1.42. The molecule has 0 saturated heterocycles. The van der Waals surface area contributed by atoms with E-state index in [-0.39, 0.29) is 11.6 Å². The standard InChI is InChI=1S/C21H25N3OS/c1-12-4-7-15(8-5-12)11-22-14(3)19-23-20(25)18-16-9-6-13(2)10-17(16)26-21(18)24-19/h4-5,7-8,13-14,22H,6,9-11H2,1-3H3,(H,23,24,25)/t13-,14-/m1/s1. The van der Waals surface area contributed by atoms with Gasteiger partial charge in [0.25, 0.3) is 5.56 Å². The van der Waals surface area contributed by atoms with E-state index >= 15 is 0 Å². The number of rotatable bonds is 4. The molecular weight excluding hydrogens is 342 g/mol. The molecule has 0 radical (unpaired) electrons. The lowest BCUT2D eigenvalue weighted by atomic mass is 9.89. The van der Waals surface area contributed by atoms with Crippen LogP contribution in [0.15, 0.2) is 29.1 Å². The molecule has 1 aliphatic rings. The average Bonchev–Trinajstić information content (AvgIpc) is 2.98. The normalized spacial score (nSPS) is 18.0. The molecule has 3 aromatic rings. The third kappa shape index (κ3) is 3.33. The molecule has 0 fully saturated rings. The van der Waals surface area contributed by atoms with Crippen LogP contribution in [0.1, 0.15) is 53.7 Å². The molecule has 2 heterocycles. The van der Waals surface area contributed by atoms with Crippen LogP contribution in [0.4, 0.5) is 0 Å². The average molecular weight is 368 g/mol. The highest BCUT2D eigenvalue weighted by molar-refractivity contribution is 7.18. The molecule has 0 bridgehead atoms. The second kappa shape index (κ2) is 6.97. The van der Waals surface area contributed by atoms with Gasteiger partial charge in [0.05, 0.1) is 11.4 Å². The predicted molar refractivity (Wildman–Crippen MR) is 108 cm³/mol. The van der Waals surface area contributed by atoms with Crippen molar-refractivity contribution in [1.82, 2.24) is 15.3 Å². The Balaban J connectivity index is 1.58. The number of hydrogen-bond acceptors (Lipinski definition) is 4.